The Labute approximate surface area is 99.6 Å². The minimum Gasteiger partial charge on any atom is -0.390 e. The number of fused-ring (bicyclic) bond motifs is 5. The molecule has 3 fully saturated rings. The average molecular weight is 222 g/mol. The third-order valence-corrected chi connectivity index (χ3v) is 6.01. The maximum absolute atomic E-state index is 10.9. The first kappa shape index (κ1) is 11.1. The second kappa shape index (κ2) is 3.73. The van der Waals surface area contributed by atoms with Gasteiger partial charge in [0, 0.05) is 0 Å². The van der Waals surface area contributed by atoms with Crippen LogP contribution in [0.15, 0.2) is 0 Å². The third-order valence-electron chi connectivity index (χ3n) is 6.01. The molecule has 6 unspecified atom stereocenters. The van der Waals surface area contributed by atoms with Crippen molar-refractivity contribution >= 4 is 0 Å². The summed E-state index contributed by atoms with van der Waals surface area (Å²) in [6.45, 7) is 4.55. The molecule has 3 rings (SSSR count). The van der Waals surface area contributed by atoms with Gasteiger partial charge in [0.1, 0.15) is 0 Å². The Morgan fingerprint density at radius 3 is 2.81 bits per heavy atom. The maximum Gasteiger partial charge on any atom is 0.0684 e. The molecule has 3 aliphatic rings. The first-order chi connectivity index (χ1) is 7.64. The fourth-order valence-electron chi connectivity index (χ4n) is 5.22. The Balaban J connectivity index is 1.75. The molecule has 0 saturated heterocycles. The second-order valence-electron chi connectivity index (χ2n) is 6.89. The maximum atomic E-state index is 10.9. The number of aliphatic hydroxyl groups is 1. The fraction of sp³-hybridized carbons (Fsp3) is 1.00. The molecule has 0 aliphatic heterocycles. The molecule has 6 atom stereocenters. The highest BCUT2D eigenvalue weighted by Crippen LogP contribution is 2.63. The van der Waals surface area contributed by atoms with Gasteiger partial charge in [-0.25, -0.2) is 0 Å². The van der Waals surface area contributed by atoms with E-state index >= 15 is 0 Å². The molecule has 0 aromatic rings. The van der Waals surface area contributed by atoms with Crippen molar-refractivity contribution < 1.29 is 5.11 Å². The van der Waals surface area contributed by atoms with Crippen molar-refractivity contribution in [3.05, 3.63) is 0 Å². The molecule has 92 valence electrons. The molecule has 3 aliphatic carbocycles. The van der Waals surface area contributed by atoms with Gasteiger partial charge >= 0.3 is 0 Å². The Bertz CT molecular complexity index is 275. The molecule has 1 heteroatoms. The Morgan fingerprint density at radius 2 is 2.06 bits per heavy atom. The lowest BCUT2D eigenvalue weighted by molar-refractivity contribution is -0.0616. The quantitative estimate of drug-likeness (QED) is 0.773. The second-order valence-corrected chi connectivity index (χ2v) is 6.89. The summed E-state index contributed by atoms with van der Waals surface area (Å²) in [6.07, 6.45) is 9.06. The number of rotatable bonds is 3. The normalized spacial score (nSPS) is 51.9. The van der Waals surface area contributed by atoms with Crippen LogP contribution >= 0.6 is 0 Å². The average Bonchev–Trinajstić information content (AvgIpc) is 2.86. The van der Waals surface area contributed by atoms with Crippen molar-refractivity contribution in [2.24, 2.45) is 29.6 Å². The first-order valence-electron chi connectivity index (χ1n) is 7.36. The lowest BCUT2D eigenvalue weighted by atomic mass is 9.70. The van der Waals surface area contributed by atoms with E-state index in [1.165, 1.54) is 32.1 Å². The summed E-state index contributed by atoms with van der Waals surface area (Å²) in [5.74, 6) is 4.14. The van der Waals surface area contributed by atoms with Crippen LogP contribution in [0.5, 0.6) is 0 Å². The van der Waals surface area contributed by atoms with E-state index in [1.54, 1.807) is 0 Å². The predicted octanol–water partition coefficient (Wildman–Crippen LogP) is 3.61. The highest BCUT2D eigenvalue weighted by Gasteiger charge is 2.60. The van der Waals surface area contributed by atoms with Crippen LogP contribution in [-0.2, 0) is 0 Å². The van der Waals surface area contributed by atoms with Gasteiger partial charge in [0.15, 0.2) is 0 Å². The van der Waals surface area contributed by atoms with Crippen LogP contribution in [0.4, 0.5) is 0 Å². The van der Waals surface area contributed by atoms with E-state index in [1.807, 2.05) is 0 Å². The van der Waals surface area contributed by atoms with Gasteiger partial charge in [-0.15, -0.1) is 0 Å². The van der Waals surface area contributed by atoms with Crippen molar-refractivity contribution in [3.8, 4) is 0 Å². The summed E-state index contributed by atoms with van der Waals surface area (Å²) < 4.78 is 0. The molecule has 0 aromatic carbocycles. The Hall–Kier alpha value is -0.0400. The minimum atomic E-state index is -0.272. The van der Waals surface area contributed by atoms with Crippen LogP contribution in [-0.4, -0.2) is 10.7 Å². The van der Waals surface area contributed by atoms with Crippen LogP contribution in [0.1, 0.15) is 58.8 Å². The summed E-state index contributed by atoms with van der Waals surface area (Å²) in [5, 5.41) is 10.9. The first-order valence-corrected chi connectivity index (χ1v) is 7.36. The van der Waals surface area contributed by atoms with Gasteiger partial charge < -0.3 is 5.11 Å². The van der Waals surface area contributed by atoms with Gasteiger partial charge in [-0.1, -0.05) is 26.7 Å². The topological polar surface area (TPSA) is 20.2 Å². The van der Waals surface area contributed by atoms with E-state index in [9.17, 15) is 5.11 Å². The SMILES string of the molecule is CCC(C)CC1(O)CC2CC1C1CCCC21. The standard InChI is InChI=1S/C15H26O/c1-3-10(2)8-15(16)9-11-7-14(15)13-6-4-5-12(11)13/h10-14,16H,3-9H2,1-2H3. The zero-order chi connectivity index (χ0) is 11.3. The van der Waals surface area contributed by atoms with Crippen molar-refractivity contribution in [1.29, 1.82) is 0 Å². The van der Waals surface area contributed by atoms with E-state index in [0.717, 1.165) is 30.6 Å². The molecule has 1 N–H and O–H groups in total. The van der Waals surface area contributed by atoms with Crippen molar-refractivity contribution in [1.82, 2.24) is 0 Å². The molecule has 3 saturated carbocycles. The van der Waals surface area contributed by atoms with Crippen molar-refractivity contribution in [2.45, 2.75) is 64.4 Å². The van der Waals surface area contributed by atoms with Gasteiger partial charge in [0.25, 0.3) is 0 Å². The molecule has 0 aromatic heterocycles. The largest absolute Gasteiger partial charge is 0.390 e. The van der Waals surface area contributed by atoms with Gasteiger partial charge in [-0.05, 0) is 61.7 Å². The highest BCUT2D eigenvalue weighted by atomic mass is 16.3. The summed E-state index contributed by atoms with van der Waals surface area (Å²) in [7, 11) is 0. The lowest BCUT2D eigenvalue weighted by Gasteiger charge is -2.40. The molecule has 16 heavy (non-hydrogen) atoms. The van der Waals surface area contributed by atoms with Crippen LogP contribution in [0.2, 0.25) is 0 Å². The Morgan fingerprint density at radius 1 is 1.31 bits per heavy atom. The van der Waals surface area contributed by atoms with Gasteiger partial charge in [0.2, 0.25) is 0 Å². The van der Waals surface area contributed by atoms with E-state index < -0.39 is 0 Å². The van der Waals surface area contributed by atoms with Crippen LogP contribution in [0.3, 0.4) is 0 Å². The highest BCUT2D eigenvalue weighted by molar-refractivity contribution is 5.10. The summed E-state index contributed by atoms with van der Waals surface area (Å²) in [4.78, 5) is 0. The Kier molecular flexibility index (Phi) is 2.58. The number of hydrogen-bond donors (Lipinski definition) is 1. The van der Waals surface area contributed by atoms with Gasteiger partial charge in [-0.2, -0.15) is 0 Å². The molecule has 0 spiro atoms. The monoisotopic (exact) mass is 222 g/mol. The molecular formula is C15H26O. The lowest BCUT2D eigenvalue weighted by Crippen LogP contribution is -2.42. The fourth-order valence-corrected chi connectivity index (χ4v) is 5.22. The third kappa shape index (κ3) is 1.47. The van der Waals surface area contributed by atoms with Crippen LogP contribution < -0.4 is 0 Å². The zero-order valence-electron chi connectivity index (χ0n) is 10.8. The summed E-state index contributed by atoms with van der Waals surface area (Å²) in [6, 6.07) is 0. The smallest absolute Gasteiger partial charge is 0.0684 e. The van der Waals surface area contributed by atoms with E-state index in [4.69, 9.17) is 0 Å². The summed E-state index contributed by atoms with van der Waals surface area (Å²) >= 11 is 0. The number of hydrogen-bond acceptors (Lipinski definition) is 1. The predicted molar refractivity (Wildman–Crippen MR) is 66.1 cm³/mol. The van der Waals surface area contributed by atoms with Crippen molar-refractivity contribution in [2.75, 3.05) is 0 Å². The van der Waals surface area contributed by atoms with Gasteiger partial charge in [-0.3, -0.25) is 0 Å². The van der Waals surface area contributed by atoms with Gasteiger partial charge in [0.05, 0.1) is 5.60 Å². The van der Waals surface area contributed by atoms with Crippen LogP contribution in [0.25, 0.3) is 0 Å². The molecule has 1 nitrogen and oxygen atoms in total. The molecule has 0 radical (unpaired) electrons. The summed E-state index contributed by atoms with van der Waals surface area (Å²) in [5.41, 5.74) is -0.272. The van der Waals surface area contributed by atoms with E-state index in [0.29, 0.717) is 11.8 Å². The molecule has 0 amide bonds. The van der Waals surface area contributed by atoms with Crippen molar-refractivity contribution in [3.63, 3.8) is 0 Å². The zero-order valence-corrected chi connectivity index (χ0v) is 10.8. The molecule has 2 bridgehead atoms. The van der Waals surface area contributed by atoms with E-state index in [2.05, 4.69) is 13.8 Å². The van der Waals surface area contributed by atoms with E-state index in [-0.39, 0.29) is 5.60 Å². The molecular weight excluding hydrogens is 196 g/mol. The minimum absolute atomic E-state index is 0.272. The van der Waals surface area contributed by atoms with Crippen LogP contribution in [0, 0.1) is 29.6 Å². The molecule has 0 heterocycles.